The third kappa shape index (κ3) is 5.29. The zero-order valence-electron chi connectivity index (χ0n) is 20.0. The standard InChI is InChI=1S/C28H27FN4O2S/c1-2-7-25(34)33-13-12-22-24(15-33)36-28-26(22)27(30-18-31-28)32-23(20-9-4-3-5-10-20)17-35-16-19-8-6-11-21(29)14-19/h2-11,14,18,23H,12-13,15-17H2,1H3,(H,30,31,32)/t23-/m1/s1. The van der Waals surface area contributed by atoms with Crippen molar-refractivity contribution in [3.05, 3.63) is 100 Å². The number of benzene rings is 2. The summed E-state index contributed by atoms with van der Waals surface area (Å²) in [5.74, 6) is 0.518. The molecule has 1 N–H and O–H groups in total. The summed E-state index contributed by atoms with van der Waals surface area (Å²) in [6.07, 6.45) is 5.72. The van der Waals surface area contributed by atoms with Gasteiger partial charge in [-0.1, -0.05) is 48.5 Å². The Hall–Kier alpha value is -3.62. The summed E-state index contributed by atoms with van der Waals surface area (Å²) in [4.78, 5) is 25.4. The van der Waals surface area contributed by atoms with Crippen LogP contribution in [0.2, 0.25) is 0 Å². The summed E-state index contributed by atoms with van der Waals surface area (Å²) in [7, 11) is 0. The van der Waals surface area contributed by atoms with Crippen molar-refractivity contribution in [1.82, 2.24) is 14.9 Å². The first-order valence-corrected chi connectivity index (χ1v) is 12.7. The molecular weight excluding hydrogens is 475 g/mol. The number of rotatable bonds is 8. The molecular formula is C28H27FN4O2S. The minimum absolute atomic E-state index is 0.0321. The van der Waals surface area contributed by atoms with Gasteiger partial charge >= 0.3 is 0 Å². The molecule has 184 valence electrons. The molecule has 6 nitrogen and oxygen atoms in total. The molecule has 36 heavy (non-hydrogen) atoms. The summed E-state index contributed by atoms with van der Waals surface area (Å²) < 4.78 is 19.6. The molecule has 0 unspecified atom stereocenters. The maximum atomic E-state index is 13.6. The van der Waals surface area contributed by atoms with Crippen molar-refractivity contribution >= 4 is 33.3 Å². The summed E-state index contributed by atoms with van der Waals surface area (Å²) in [5, 5.41) is 4.61. The average molecular weight is 503 g/mol. The van der Waals surface area contributed by atoms with E-state index in [4.69, 9.17) is 4.74 Å². The van der Waals surface area contributed by atoms with E-state index in [1.807, 2.05) is 36.1 Å². The molecule has 5 rings (SSSR count). The molecule has 0 saturated carbocycles. The Morgan fingerprint density at radius 2 is 2.08 bits per heavy atom. The number of thiophene rings is 1. The molecule has 2 aromatic carbocycles. The van der Waals surface area contributed by atoms with E-state index < -0.39 is 0 Å². The molecule has 0 radical (unpaired) electrons. The highest BCUT2D eigenvalue weighted by atomic mass is 32.1. The number of hydrogen-bond donors (Lipinski definition) is 1. The van der Waals surface area contributed by atoms with Crippen LogP contribution in [0.3, 0.4) is 0 Å². The van der Waals surface area contributed by atoms with Crippen molar-refractivity contribution in [1.29, 1.82) is 0 Å². The lowest BCUT2D eigenvalue weighted by atomic mass is 10.0. The van der Waals surface area contributed by atoms with Crippen LogP contribution in [0.5, 0.6) is 0 Å². The molecule has 8 heteroatoms. The summed E-state index contributed by atoms with van der Waals surface area (Å²) in [6, 6.07) is 16.4. The monoisotopic (exact) mass is 502 g/mol. The Kier molecular flexibility index (Phi) is 7.34. The Labute approximate surface area is 213 Å². The highest BCUT2D eigenvalue weighted by Gasteiger charge is 2.26. The summed E-state index contributed by atoms with van der Waals surface area (Å²) in [6.45, 7) is 3.79. The Bertz CT molecular complexity index is 1390. The Balaban J connectivity index is 1.39. The van der Waals surface area contributed by atoms with Crippen molar-refractivity contribution in [3.8, 4) is 0 Å². The number of aromatic nitrogens is 2. The number of ether oxygens (including phenoxy) is 1. The number of halogens is 1. The minimum atomic E-state index is -0.273. The molecule has 1 amide bonds. The Morgan fingerprint density at radius 1 is 1.22 bits per heavy atom. The van der Waals surface area contributed by atoms with Crippen LogP contribution >= 0.6 is 11.3 Å². The normalized spacial score (nSPS) is 14.2. The topological polar surface area (TPSA) is 67.4 Å². The largest absolute Gasteiger partial charge is 0.374 e. The number of hydrogen-bond acceptors (Lipinski definition) is 6. The molecule has 0 aliphatic carbocycles. The highest BCUT2D eigenvalue weighted by Crippen LogP contribution is 2.38. The third-order valence-electron chi connectivity index (χ3n) is 6.21. The van der Waals surface area contributed by atoms with Crippen molar-refractivity contribution < 1.29 is 13.9 Å². The first kappa shape index (κ1) is 24.1. The lowest BCUT2D eigenvalue weighted by Crippen LogP contribution is -2.34. The van der Waals surface area contributed by atoms with E-state index in [0.29, 0.717) is 26.3 Å². The van der Waals surface area contributed by atoms with Crippen molar-refractivity contribution in [2.75, 3.05) is 18.5 Å². The quantitative estimate of drug-likeness (QED) is 0.315. The number of fused-ring (bicyclic) bond motifs is 3. The molecule has 1 aliphatic rings. The second kappa shape index (κ2) is 11.0. The van der Waals surface area contributed by atoms with E-state index >= 15 is 0 Å². The van der Waals surface area contributed by atoms with Crippen molar-refractivity contribution in [3.63, 3.8) is 0 Å². The van der Waals surface area contributed by atoms with Crippen LogP contribution in [0.4, 0.5) is 10.2 Å². The number of carbonyl (C=O) groups is 1. The minimum Gasteiger partial charge on any atom is -0.374 e. The van der Waals surface area contributed by atoms with Crippen LogP contribution in [-0.2, 0) is 29.1 Å². The average Bonchev–Trinajstić information content (AvgIpc) is 3.27. The van der Waals surface area contributed by atoms with E-state index in [2.05, 4.69) is 27.4 Å². The molecule has 0 fully saturated rings. The van der Waals surface area contributed by atoms with Gasteiger partial charge in [-0.25, -0.2) is 14.4 Å². The van der Waals surface area contributed by atoms with Crippen molar-refractivity contribution in [2.45, 2.75) is 32.5 Å². The summed E-state index contributed by atoms with van der Waals surface area (Å²) in [5.41, 5.74) is 3.06. The number of carbonyl (C=O) groups excluding carboxylic acids is 1. The molecule has 3 heterocycles. The van der Waals surface area contributed by atoms with Gasteiger partial charge < -0.3 is 15.0 Å². The van der Waals surface area contributed by atoms with E-state index in [1.54, 1.807) is 35.9 Å². The second-order valence-electron chi connectivity index (χ2n) is 8.67. The van der Waals surface area contributed by atoms with Gasteiger partial charge in [0.1, 0.15) is 22.8 Å². The van der Waals surface area contributed by atoms with Gasteiger partial charge in [-0.05, 0) is 48.2 Å². The van der Waals surface area contributed by atoms with Crippen LogP contribution < -0.4 is 5.32 Å². The second-order valence-corrected chi connectivity index (χ2v) is 9.75. The van der Waals surface area contributed by atoms with Gasteiger partial charge in [0, 0.05) is 11.4 Å². The molecule has 2 aromatic heterocycles. The smallest absolute Gasteiger partial charge is 0.246 e. The SMILES string of the molecule is CC=CC(=O)N1CCc2c(sc3ncnc(N[C@H](COCc4cccc(F)c4)c4ccccc4)c23)C1. The van der Waals surface area contributed by atoms with Gasteiger partial charge in [-0.2, -0.15) is 0 Å². The van der Waals surface area contributed by atoms with Crippen LogP contribution in [0.25, 0.3) is 10.2 Å². The first-order chi connectivity index (χ1) is 17.6. The zero-order chi connectivity index (χ0) is 24.9. The maximum absolute atomic E-state index is 13.6. The van der Waals surface area contributed by atoms with Crippen molar-refractivity contribution in [2.24, 2.45) is 0 Å². The van der Waals surface area contributed by atoms with Crippen LogP contribution in [0, 0.1) is 5.82 Å². The number of allylic oxidation sites excluding steroid dienone is 1. The van der Waals surface area contributed by atoms with Crippen LogP contribution in [0.1, 0.15) is 34.5 Å². The van der Waals surface area contributed by atoms with E-state index in [9.17, 15) is 9.18 Å². The van der Waals surface area contributed by atoms with Crippen LogP contribution in [-0.4, -0.2) is 33.9 Å². The van der Waals surface area contributed by atoms with Gasteiger partial charge in [0.25, 0.3) is 0 Å². The maximum Gasteiger partial charge on any atom is 0.246 e. The predicted molar refractivity (Wildman–Crippen MR) is 140 cm³/mol. The van der Waals surface area contributed by atoms with Gasteiger partial charge in [0.2, 0.25) is 5.91 Å². The lowest BCUT2D eigenvalue weighted by Gasteiger charge is -2.26. The predicted octanol–water partition coefficient (Wildman–Crippen LogP) is 5.66. The number of anilines is 1. The van der Waals surface area contributed by atoms with Gasteiger partial charge in [-0.15, -0.1) is 11.3 Å². The third-order valence-corrected chi connectivity index (χ3v) is 7.34. The number of amides is 1. The number of nitrogens with zero attached hydrogens (tertiary/aromatic N) is 3. The molecule has 1 aliphatic heterocycles. The van der Waals surface area contributed by atoms with Gasteiger partial charge in [-0.3, -0.25) is 4.79 Å². The first-order valence-electron chi connectivity index (χ1n) is 11.9. The van der Waals surface area contributed by atoms with Gasteiger partial charge in [0.15, 0.2) is 0 Å². The highest BCUT2D eigenvalue weighted by molar-refractivity contribution is 7.19. The molecule has 0 bridgehead atoms. The lowest BCUT2D eigenvalue weighted by molar-refractivity contribution is -0.126. The van der Waals surface area contributed by atoms with Gasteiger partial charge in [0.05, 0.1) is 31.2 Å². The van der Waals surface area contributed by atoms with E-state index in [1.165, 1.54) is 17.7 Å². The molecule has 0 spiro atoms. The molecule has 4 aromatic rings. The molecule has 1 atom stereocenters. The summed E-state index contributed by atoms with van der Waals surface area (Å²) >= 11 is 1.62. The Morgan fingerprint density at radius 3 is 2.89 bits per heavy atom. The fourth-order valence-electron chi connectivity index (χ4n) is 4.47. The zero-order valence-corrected chi connectivity index (χ0v) is 20.8. The fraction of sp³-hybridized carbons (Fsp3) is 0.250. The van der Waals surface area contributed by atoms with Crippen LogP contribution in [0.15, 0.2) is 73.1 Å². The molecule has 0 saturated heterocycles. The van der Waals surface area contributed by atoms with E-state index in [0.717, 1.165) is 38.5 Å². The number of nitrogens with one attached hydrogen (secondary N) is 1. The van der Waals surface area contributed by atoms with E-state index in [-0.39, 0.29) is 17.8 Å². The fourth-order valence-corrected chi connectivity index (χ4v) is 5.67.